The zero-order valence-corrected chi connectivity index (χ0v) is 7.23. The monoisotopic (exact) mass is 182 g/mol. The van der Waals surface area contributed by atoms with Crippen molar-refractivity contribution in [2.75, 3.05) is 20.2 Å². The highest BCUT2D eigenvalue weighted by Gasteiger charge is 2.25. The van der Waals surface area contributed by atoms with Gasteiger partial charge >= 0.3 is 5.97 Å². The van der Waals surface area contributed by atoms with Gasteiger partial charge in [0.2, 0.25) is 5.82 Å². The standard InChI is InChI=1S/C7H10N4O2/c1-13-7(12)6-9-4-10-11(6)5-2-8-3-5/h4-5,8H,2-3H2,1H3. The second-order valence-electron chi connectivity index (χ2n) is 2.83. The van der Waals surface area contributed by atoms with Gasteiger partial charge in [-0.1, -0.05) is 0 Å². The minimum absolute atomic E-state index is 0.233. The zero-order valence-electron chi connectivity index (χ0n) is 7.23. The lowest BCUT2D eigenvalue weighted by Crippen LogP contribution is -2.44. The molecule has 6 heteroatoms. The minimum Gasteiger partial charge on any atom is -0.463 e. The second-order valence-corrected chi connectivity index (χ2v) is 2.83. The molecule has 1 fully saturated rings. The number of rotatable bonds is 2. The first-order valence-electron chi connectivity index (χ1n) is 4.01. The molecule has 6 nitrogen and oxygen atoms in total. The molecule has 1 aromatic heterocycles. The fourth-order valence-electron chi connectivity index (χ4n) is 1.20. The molecule has 0 radical (unpaired) electrons. The molecule has 1 saturated heterocycles. The van der Waals surface area contributed by atoms with E-state index in [1.165, 1.54) is 13.4 Å². The van der Waals surface area contributed by atoms with Gasteiger partial charge in [0.15, 0.2) is 0 Å². The number of hydrogen-bond donors (Lipinski definition) is 1. The second kappa shape index (κ2) is 3.14. The van der Waals surface area contributed by atoms with Gasteiger partial charge in [-0.15, -0.1) is 0 Å². The molecule has 1 aromatic rings. The highest BCUT2D eigenvalue weighted by molar-refractivity contribution is 5.85. The molecule has 13 heavy (non-hydrogen) atoms. The first kappa shape index (κ1) is 8.18. The highest BCUT2D eigenvalue weighted by Crippen LogP contribution is 2.11. The van der Waals surface area contributed by atoms with Gasteiger partial charge in [-0.25, -0.2) is 14.5 Å². The van der Waals surface area contributed by atoms with E-state index >= 15 is 0 Å². The Morgan fingerprint density at radius 3 is 3.08 bits per heavy atom. The summed E-state index contributed by atoms with van der Waals surface area (Å²) in [5.41, 5.74) is 0. The Balaban J connectivity index is 2.24. The number of ether oxygens (including phenoxy) is 1. The molecule has 0 amide bonds. The number of nitrogens with zero attached hydrogens (tertiary/aromatic N) is 3. The van der Waals surface area contributed by atoms with Gasteiger partial charge in [0.25, 0.3) is 0 Å². The lowest BCUT2D eigenvalue weighted by atomic mass is 10.2. The molecule has 1 aliphatic heterocycles. The largest absolute Gasteiger partial charge is 0.463 e. The summed E-state index contributed by atoms with van der Waals surface area (Å²) >= 11 is 0. The topological polar surface area (TPSA) is 69.0 Å². The van der Waals surface area contributed by atoms with Gasteiger partial charge in [0.05, 0.1) is 13.2 Å². The molecule has 2 rings (SSSR count). The molecular weight excluding hydrogens is 172 g/mol. The van der Waals surface area contributed by atoms with E-state index in [1.807, 2.05) is 0 Å². The summed E-state index contributed by atoms with van der Waals surface area (Å²) in [6.07, 6.45) is 1.37. The molecule has 2 heterocycles. The van der Waals surface area contributed by atoms with E-state index in [9.17, 15) is 4.79 Å². The molecular formula is C7H10N4O2. The maximum Gasteiger partial charge on any atom is 0.375 e. The number of nitrogens with one attached hydrogen (secondary N) is 1. The highest BCUT2D eigenvalue weighted by atomic mass is 16.5. The van der Waals surface area contributed by atoms with E-state index in [-0.39, 0.29) is 11.9 Å². The van der Waals surface area contributed by atoms with Crippen LogP contribution in [0.5, 0.6) is 0 Å². The third-order valence-electron chi connectivity index (χ3n) is 2.05. The van der Waals surface area contributed by atoms with Crippen LogP contribution in [0.1, 0.15) is 16.7 Å². The number of carbonyl (C=O) groups excluding carboxylic acids is 1. The van der Waals surface area contributed by atoms with E-state index in [1.54, 1.807) is 4.68 Å². The van der Waals surface area contributed by atoms with Crippen LogP contribution in [-0.4, -0.2) is 40.9 Å². The van der Waals surface area contributed by atoms with Crippen molar-refractivity contribution in [1.82, 2.24) is 20.1 Å². The van der Waals surface area contributed by atoms with Gasteiger partial charge in [-0.05, 0) is 0 Å². The fourth-order valence-corrected chi connectivity index (χ4v) is 1.20. The molecule has 1 aliphatic rings. The van der Waals surface area contributed by atoms with Crippen LogP contribution in [0.2, 0.25) is 0 Å². The first-order chi connectivity index (χ1) is 6.33. The van der Waals surface area contributed by atoms with E-state index in [4.69, 9.17) is 0 Å². The molecule has 0 unspecified atom stereocenters. The Morgan fingerprint density at radius 2 is 2.54 bits per heavy atom. The maximum absolute atomic E-state index is 11.2. The Hall–Kier alpha value is -1.43. The van der Waals surface area contributed by atoms with Crippen molar-refractivity contribution in [3.63, 3.8) is 0 Å². The van der Waals surface area contributed by atoms with Crippen LogP contribution in [-0.2, 0) is 4.74 Å². The first-order valence-corrected chi connectivity index (χ1v) is 4.01. The number of hydrogen-bond acceptors (Lipinski definition) is 5. The maximum atomic E-state index is 11.2. The Kier molecular flexibility index (Phi) is 1.97. The third-order valence-corrected chi connectivity index (χ3v) is 2.05. The van der Waals surface area contributed by atoms with Crippen molar-refractivity contribution >= 4 is 5.97 Å². The molecule has 70 valence electrons. The summed E-state index contributed by atoms with van der Waals surface area (Å²) in [5, 5.41) is 7.06. The van der Waals surface area contributed by atoms with Crippen LogP contribution in [0.3, 0.4) is 0 Å². The van der Waals surface area contributed by atoms with Crippen molar-refractivity contribution in [3.8, 4) is 0 Å². The molecule has 1 N–H and O–H groups in total. The van der Waals surface area contributed by atoms with Gasteiger partial charge < -0.3 is 10.1 Å². The normalized spacial score (nSPS) is 16.7. The van der Waals surface area contributed by atoms with Crippen molar-refractivity contribution in [2.24, 2.45) is 0 Å². The Bertz CT molecular complexity index is 318. The van der Waals surface area contributed by atoms with Gasteiger partial charge in [-0.2, -0.15) is 5.10 Å². The SMILES string of the molecule is COC(=O)c1ncnn1C1CNC1. The van der Waals surface area contributed by atoms with Crippen LogP contribution >= 0.6 is 0 Å². The van der Waals surface area contributed by atoms with Crippen LogP contribution in [0.15, 0.2) is 6.33 Å². The average Bonchev–Trinajstić information content (AvgIpc) is 2.49. The van der Waals surface area contributed by atoms with E-state index in [0.717, 1.165) is 13.1 Å². The smallest absolute Gasteiger partial charge is 0.375 e. The van der Waals surface area contributed by atoms with Crippen LogP contribution in [0, 0.1) is 0 Å². The lowest BCUT2D eigenvalue weighted by molar-refractivity contribution is 0.0573. The summed E-state index contributed by atoms with van der Waals surface area (Å²) < 4.78 is 6.17. The Morgan fingerprint density at radius 1 is 1.77 bits per heavy atom. The third kappa shape index (κ3) is 1.29. The lowest BCUT2D eigenvalue weighted by Gasteiger charge is -2.27. The van der Waals surface area contributed by atoms with Gasteiger partial charge in [-0.3, -0.25) is 0 Å². The number of aromatic nitrogens is 3. The molecule has 0 aliphatic carbocycles. The van der Waals surface area contributed by atoms with Crippen molar-refractivity contribution in [1.29, 1.82) is 0 Å². The predicted molar refractivity (Wildman–Crippen MR) is 43.3 cm³/mol. The summed E-state index contributed by atoms with van der Waals surface area (Å²) in [7, 11) is 1.33. The number of esters is 1. The molecule has 0 spiro atoms. The molecule has 0 saturated carbocycles. The fraction of sp³-hybridized carbons (Fsp3) is 0.571. The number of methoxy groups -OCH3 is 1. The van der Waals surface area contributed by atoms with Crippen LogP contribution in [0.25, 0.3) is 0 Å². The summed E-state index contributed by atoms with van der Waals surface area (Å²) in [4.78, 5) is 15.0. The molecule has 0 atom stereocenters. The predicted octanol–water partition coefficient (Wildman–Crippen LogP) is -0.791. The van der Waals surface area contributed by atoms with Crippen molar-refractivity contribution < 1.29 is 9.53 Å². The zero-order chi connectivity index (χ0) is 9.26. The summed E-state index contributed by atoms with van der Waals surface area (Å²) in [6.45, 7) is 1.65. The summed E-state index contributed by atoms with van der Waals surface area (Å²) in [6, 6.07) is 0.233. The van der Waals surface area contributed by atoms with Crippen molar-refractivity contribution in [3.05, 3.63) is 12.2 Å². The van der Waals surface area contributed by atoms with Gasteiger partial charge in [0, 0.05) is 13.1 Å². The van der Waals surface area contributed by atoms with Crippen LogP contribution in [0.4, 0.5) is 0 Å². The van der Waals surface area contributed by atoms with E-state index in [0.29, 0.717) is 0 Å². The molecule has 0 bridgehead atoms. The van der Waals surface area contributed by atoms with E-state index in [2.05, 4.69) is 20.1 Å². The average molecular weight is 182 g/mol. The summed E-state index contributed by atoms with van der Waals surface area (Å²) in [5.74, 6) is -0.168. The quantitative estimate of drug-likeness (QED) is 0.607. The number of carbonyl (C=O) groups is 1. The van der Waals surface area contributed by atoms with Crippen LogP contribution < -0.4 is 5.32 Å². The van der Waals surface area contributed by atoms with Crippen molar-refractivity contribution in [2.45, 2.75) is 6.04 Å². The van der Waals surface area contributed by atoms with Gasteiger partial charge in [0.1, 0.15) is 6.33 Å². The molecule has 0 aromatic carbocycles. The van der Waals surface area contributed by atoms with E-state index < -0.39 is 5.97 Å². The minimum atomic E-state index is -0.440. The Labute approximate surface area is 74.9 Å².